The molecule has 3 atom stereocenters. The zero-order chi connectivity index (χ0) is 12.8. The first-order valence-corrected chi connectivity index (χ1v) is 6.87. The second-order valence-electron chi connectivity index (χ2n) is 5.29. The number of nitriles is 1. The molecule has 0 radical (unpaired) electrons. The molecule has 2 nitrogen and oxygen atoms in total. The topological polar surface area (TPSA) is 33.0 Å². The molecular weight excluding hydrogens is 222 g/mol. The van der Waals surface area contributed by atoms with Crippen LogP contribution in [0, 0.1) is 17.2 Å². The van der Waals surface area contributed by atoms with E-state index in [1.165, 1.54) is 12.8 Å². The molecule has 3 unspecified atom stereocenters. The van der Waals surface area contributed by atoms with Crippen LogP contribution in [-0.4, -0.2) is 6.10 Å². The first-order valence-electron chi connectivity index (χ1n) is 6.87. The van der Waals surface area contributed by atoms with Gasteiger partial charge in [-0.1, -0.05) is 50.1 Å². The van der Waals surface area contributed by atoms with Gasteiger partial charge < -0.3 is 4.74 Å². The van der Waals surface area contributed by atoms with Gasteiger partial charge in [0.25, 0.3) is 0 Å². The quantitative estimate of drug-likeness (QED) is 0.792. The van der Waals surface area contributed by atoms with Crippen LogP contribution in [0.4, 0.5) is 0 Å². The predicted octanol–water partition coefficient (Wildman–Crippen LogP) is 4.24. The fourth-order valence-electron chi connectivity index (χ4n) is 2.73. The van der Waals surface area contributed by atoms with E-state index >= 15 is 0 Å². The summed E-state index contributed by atoms with van der Waals surface area (Å²) >= 11 is 0. The second kappa shape index (κ2) is 6.56. The van der Waals surface area contributed by atoms with Crippen molar-refractivity contribution < 1.29 is 4.74 Å². The fourth-order valence-corrected chi connectivity index (χ4v) is 2.73. The minimum Gasteiger partial charge on any atom is -0.369 e. The van der Waals surface area contributed by atoms with E-state index in [4.69, 9.17) is 10.00 Å². The third kappa shape index (κ3) is 3.58. The van der Waals surface area contributed by atoms with Gasteiger partial charge in [-0.3, -0.25) is 0 Å². The normalized spacial score (nSPS) is 25.3. The van der Waals surface area contributed by atoms with Crippen LogP contribution in [0.15, 0.2) is 30.3 Å². The number of rotatable bonds is 4. The van der Waals surface area contributed by atoms with Crippen LogP contribution >= 0.6 is 0 Å². The molecule has 0 aromatic heterocycles. The van der Waals surface area contributed by atoms with Crippen LogP contribution in [-0.2, 0) is 4.74 Å². The zero-order valence-electron chi connectivity index (χ0n) is 11.0. The Morgan fingerprint density at radius 3 is 2.78 bits per heavy atom. The Labute approximate surface area is 110 Å². The Hall–Kier alpha value is -1.33. The van der Waals surface area contributed by atoms with Crippen LogP contribution in [0.2, 0.25) is 0 Å². The second-order valence-corrected chi connectivity index (χ2v) is 5.29. The van der Waals surface area contributed by atoms with Gasteiger partial charge in [-0.05, 0) is 24.3 Å². The number of hydrogen-bond acceptors (Lipinski definition) is 2. The summed E-state index contributed by atoms with van der Waals surface area (Å²) in [5.74, 6) is 0.752. The Kier molecular flexibility index (Phi) is 4.78. The molecule has 96 valence electrons. The van der Waals surface area contributed by atoms with Crippen molar-refractivity contribution in [2.24, 2.45) is 5.92 Å². The van der Waals surface area contributed by atoms with Gasteiger partial charge >= 0.3 is 0 Å². The molecule has 1 aliphatic carbocycles. The predicted molar refractivity (Wildman–Crippen MR) is 71.9 cm³/mol. The molecule has 1 saturated carbocycles. The summed E-state index contributed by atoms with van der Waals surface area (Å²) in [7, 11) is 0. The standard InChI is InChI=1S/C16H21NO/c1-13-6-5-9-15(12-13)18-16(10-11-17)14-7-3-2-4-8-14/h2-4,7-8,13,15-16H,5-6,9-10,12H2,1H3. The first kappa shape index (κ1) is 13.1. The SMILES string of the molecule is CC1CCCC(OC(CC#N)c2ccccc2)C1. The maximum atomic E-state index is 8.95. The number of hydrogen-bond donors (Lipinski definition) is 0. The van der Waals surface area contributed by atoms with Gasteiger partial charge in [-0.15, -0.1) is 0 Å². The molecule has 0 aliphatic heterocycles. The fraction of sp³-hybridized carbons (Fsp3) is 0.562. The molecule has 0 spiro atoms. The van der Waals surface area contributed by atoms with Gasteiger partial charge in [-0.25, -0.2) is 0 Å². The van der Waals surface area contributed by atoms with E-state index < -0.39 is 0 Å². The lowest BCUT2D eigenvalue weighted by atomic mass is 9.88. The summed E-state index contributed by atoms with van der Waals surface area (Å²) in [6.45, 7) is 2.29. The molecule has 0 bridgehead atoms. The lowest BCUT2D eigenvalue weighted by Crippen LogP contribution is -2.23. The molecule has 0 amide bonds. The Morgan fingerprint density at radius 1 is 1.33 bits per heavy atom. The smallest absolute Gasteiger partial charge is 0.0958 e. The molecule has 0 saturated heterocycles. The minimum absolute atomic E-state index is 0.0634. The third-order valence-corrected chi connectivity index (χ3v) is 3.69. The zero-order valence-corrected chi connectivity index (χ0v) is 11.0. The molecular formula is C16H21NO. The first-order chi connectivity index (χ1) is 8.79. The van der Waals surface area contributed by atoms with Crippen LogP contribution in [0.5, 0.6) is 0 Å². The highest BCUT2D eigenvalue weighted by Crippen LogP contribution is 2.31. The van der Waals surface area contributed by atoms with E-state index in [0.29, 0.717) is 12.5 Å². The van der Waals surface area contributed by atoms with E-state index in [9.17, 15) is 0 Å². The van der Waals surface area contributed by atoms with Gasteiger partial charge in [0.15, 0.2) is 0 Å². The molecule has 1 aromatic carbocycles. The number of benzene rings is 1. The van der Waals surface area contributed by atoms with E-state index in [1.54, 1.807) is 0 Å². The van der Waals surface area contributed by atoms with Gasteiger partial charge in [0, 0.05) is 0 Å². The molecule has 0 heterocycles. The van der Waals surface area contributed by atoms with E-state index in [1.807, 2.05) is 30.3 Å². The van der Waals surface area contributed by atoms with E-state index in [-0.39, 0.29) is 6.10 Å². The minimum atomic E-state index is -0.0634. The maximum Gasteiger partial charge on any atom is 0.0958 e. The summed E-state index contributed by atoms with van der Waals surface area (Å²) in [5.41, 5.74) is 1.12. The molecule has 18 heavy (non-hydrogen) atoms. The molecule has 1 fully saturated rings. The summed E-state index contributed by atoms with van der Waals surface area (Å²) in [5, 5.41) is 8.95. The lowest BCUT2D eigenvalue weighted by Gasteiger charge is -2.30. The van der Waals surface area contributed by atoms with Gasteiger partial charge in [0.1, 0.15) is 0 Å². The lowest BCUT2D eigenvalue weighted by molar-refractivity contribution is -0.0382. The average molecular weight is 243 g/mol. The summed E-state index contributed by atoms with van der Waals surface area (Å²) < 4.78 is 6.17. The van der Waals surface area contributed by atoms with E-state index in [0.717, 1.165) is 24.3 Å². The van der Waals surface area contributed by atoms with Crippen LogP contribution in [0.3, 0.4) is 0 Å². The average Bonchev–Trinajstić information content (AvgIpc) is 2.39. The van der Waals surface area contributed by atoms with Crippen molar-refractivity contribution in [1.82, 2.24) is 0 Å². The Bertz CT molecular complexity index is 395. The van der Waals surface area contributed by atoms with E-state index in [2.05, 4.69) is 13.0 Å². The highest BCUT2D eigenvalue weighted by Gasteiger charge is 2.23. The van der Waals surface area contributed by atoms with Crippen molar-refractivity contribution >= 4 is 0 Å². The third-order valence-electron chi connectivity index (χ3n) is 3.69. The largest absolute Gasteiger partial charge is 0.369 e. The number of ether oxygens (including phenoxy) is 1. The number of nitrogens with zero attached hydrogens (tertiary/aromatic N) is 1. The van der Waals surface area contributed by atoms with Gasteiger partial charge in [-0.2, -0.15) is 5.26 Å². The Balaban J connectivity index is 2.00. The van der Waals surface area contributed by atoms with Gasteiger partial charge in [0.05, 0.1) is 24.7 Å². The molecule has 2 heteroatoms. The molecule has 2 rings (SSSR count). The summed E-state index contributed by atoms with van der Waals surface area (Å²) in [6, 6.07) is 12.4. The van der Waals surface area contributed by atoms with Crippen molar-refractivity contribution in [2.75, 3.05) is 0 Å². The highest BCUT2D eigenvalue weighted by atomic mass is 16.5. The summed E-state index contributed by atoms with van der Waals surface area (Å²) in [6.07, 6.45) is 5.54. The van der Waals surface area contributed by atoms with Crippen molar-refractivity contribution in [3.63, 3.8) is 0 Å². The van der Waals surface area contributed by atoms with Crippen LogP contribution < -0.4 is 0 Å². The monoisotopic (exact) mass is 243 g/mol. The maximum absolute atomic E-state index is 8.95. The Morgan fingerprint density at radius 2 is 2.11 bits per heavy atom. The van der Waals surface area contributed by atoms with Crippen LogP contribution in [0.1, 0.15) is 50.7 Å². The van der Waals surface area contributed by atoms with Crippen molar-refractivity contribution in [2.45, 2.75) is 51.2 Å². The van der Waals surface area contributed by atoms with Crippen LogP contribution in [0.25, 0.3) is 0 Å². The highest BCUT2D eigenvalue weighted by molar-refractivity contribution is 5.18. The van der Waals surface area contributed by atoms with Crippen molar-refractivity contribution in [1.29, 1.82) is 5.26 Å². The molecule has 1 aromatic rings. The molecule has 1 aliphatic rings. The molecule has 0 N–H and O–H groups in total. The van der Waals surface area contributed by atoms with Crippen molar-refractivity contribution in [3.8, 4) is 6.07 Å². The summed E-state index contributed by atoms with van der Waals surface area (Å²) in [4.78, 5) is 0. The van der Waals surface area contributed by atoms with Crippen molar-refractivity contribution in [3.05, 3.63) is 35.9 Å². The van der Waals surface area contributed by atoms with Gasteiger partial charge in [0.2, 0.25) is 0 Å².